The number of hydrogen-bond acceptors (Lipinski definition) is 5. The number of amides is 1. The summed E-state index contributed by atoms with van der Waals surface area (Å²) < 4.78 is 43.6. The Morgan fingerprint density at radius 2 is 1.85 bits per heavy atom. The largest absolute Gasteiger partial charge is 0.573 e. The number of carbonyl (C=O) groups excluding carboxylic acids is 1. The molecule has 0 unspecified atom stereocenters. The number of benzene rings is 4. The number of H-pyrrole nitrogens is 1. The van der Waals surface area contributed by atoms with Gasteiger partial charge in [-0.05, 0) is 65.6 Å². The van der Waals surface area contributed by atoms with Gasteiger partial charge < -0.3 is 20.6 Å². The molecule has 0 aliphatic rings. The van der Waals surface area contributed by atoms with Gasteiger partial charge in [-0.1, -0.05) is 30.3 Å². The highest BCUT2D eigenvalue weighted by Crippen LogP contribution is 2.39. The Morgan fingerprint density at radius 3 is 2.59 bits per heavy atom. The molecule has 0 fully saturated rings. The highest BCUT2D eigenvalue weighted by molar-refractivity contribution is 6.20. The predicted molar refractivity (Wildman–Crippen MR) is 148 cm³/mol. The van der Waals surface area contributed by atoms with Crippen molar-refractivity contribution in [2.75, 3.05) is 0 Å². The van der Waals surface area contributed by atoms with Gasteiger partial charge in [0.05, 0.1) is 34.3 Å². The normalized spacial score (nSPS) is 11.9. The topological polar surface area (TPSA) is 123 Å². The molecule has 2 heterocycles. The Bertz CT molecular complexity index is 2080. The first-order valence-corrected chi connectivity index (χ1v) is 12.4. The molecule has 6 aromatic rings. The summed E-state index contributed by atoms with van der Waals surface area (Å²) in [6.07, 6.45) is -3.58. The van der Waals surface area contributed by atoms with Gasteiger partial charge in [-0.2, -0.15) is 0 Å². The molecule has 0 saturated heterocycles. The van der Waals surface area contributed by atoms with E-state index in [0.29, 0.717) is 33.4 Å². The first-order valence-electron chi connectivity index (χ1n) is 12.4. The van der Waals surface area contributed by atoms with E-state index in [2.05, 4.69) is 14.7 Å². The van der Waals surface area contributed by atoms with Crippen molar-refractivity contribution >= 4 is 38.6 Å². The van der Waals surface area contributed by atoms with Gasteiger partial charge in [0.25, 0.3) is 11.5 Å². The van der Waals surface area contributed by atoms with Crippen LogP contribution in [0.1, 0.15) is 21.5 Å². The van der Waals surface area contributed by atoms with Crippen LogP contribution >= 0.6 is 0 Å². The summed E-state index contributed by atoms with van der Waals surface area (Å²) in [5.74, 6) is -1.13. The fraction of sp³-hybridized carbons (Fsp3) is 0.100. The van der Waals surface area contributed by atoms with Crippen LogP contribution in [0.2, 0.25) is 0 Å². The molecule has 0 aliphatic carbocycles. The standard InChI is InChI=1S/C30H21F3N4O4/c1-15-18(19-8-9-21(28(34)39)27-26(19)20-7-5-16(13-38)11-24(20)36-27)3-2-4-25(15)37-14-35-23-10-6-17(41-30(31,32)33)12-22(23)29(37)40/h2-12,14,36,38H,13H2,1H3,(H2,34,39). The maximum Gasteiger partial charge on any atom is 0.573 e. The zero-order valence-corrected chi connectivity index (χ0v) is 21.4. The lowest BCUT2D eigenvalue weighted by molar-refractivity contribution is -0.274. The number of carbonyl (C=O) groups is 1. The molecule has 0 atom stereocenters. The number of nitrogens with zero attached hydrogens (tertiary/aromatic N) is 2. The summed E-state index contributed by atoms with van der Waals surface area (Å²) in [4.78, 5) is 33.3. The van der Waals surface area contributed by atoms with E-state index in [0.717, 1.165) is 34.0 Å². The van der Waals surface area contributed by atoms with Crippen molar-refractivity contribution in [2.45, 2.75) is 19.9 Å². The van der Waals surface area contributed by atoms with Crippen molar-refractivity contribution in [3.8, 4) is 22.6 Å². The summed E-state index contributed by atoms with van der Waals surface area (Å²) in [7, 11) is 0. The lowest BCUT2D eigenvalue weighted by Crippen LogP contribution is -2.21. The van der Waals surface area contributed by atoms with Crippen molar-refractivity contribution in [3.05, 3.63) is 100 Å². The molecule has 4 N–H and O–H groups in total. The summed E-state index contributed by atoms with van der Waals surface area (Å²) in [6, 6.07) is 17.6. The monoisotopic (exact) mass is 558 g/mol. The minimum Gasteiger partial charge on any atom is -0.406 e. The Hall–Kier alpha value is -5.16. The fourth-order valence-electron chi connectivity index (χ4n) is 5.23. The number of hydrogen-bond donors (Lipinski definition) is 3. The van der Waals surface area contributed by atoms with Crippen molar-refractivity contribution in [2.24, 2.45) is 5.73 Å². The molecule has 8 nitrogen and oxygen atoms in total. The van der Waals surface area contributed by atoms with Gasteiger partial charge in [-0.3, -0.25) is 14.2 Å². The number of ether oxygens (including phenoxy) is 1. The van der Waals surface area contributed by atoms with Crippen LogP contribution in [0.5, 0.6) is 5.75 Å². The molecule has 0 saturated carbocycles. The molecular weight excluding hydrogens is 537 g/mol. The van der Waals surface area contributed by atoms with Crippen LogP contribution in [0, 0.1) is 6.92 Å². The molecule has 41 heavy (non-hydrogen) atoms. The fourth-order valence-corrected chi connectivity index (χ4v) is 5.23. The Morgan fingerprint density at radius 1 is 1.05 bits per heavy atom. The van der Waals surface area contributed by atoms with E-state index >= 15 is 0 Å². The van der Waals surface area contributed by atoms with Crippen LogP contribution in [-0.2, 0) is 6.61 Å². The van der Waals surface area contributed by atoms with Gasteiger partial charge in [0.15, 0.2) is 0 Å². The number of nitrogens with two attached hydrogens (primary N) is 1. The third-order valence-corrected chi connectivity index (χ3v) is 7.08. The van der Waals surface area contributed by atoms with Crippen LogP contribution in [0.25, 0.3) is 49.5 Å². The first kappa shape index (κ1) is 26.1. The summed E-state index contributed by atoms with van der Waals surface area (Å²) in [5.41, 5.74) is 10.2. The maximum absolute atomic E-state index is 13.5. The van der Waals surface area contributed by atoms with Gasteiger partial charge >= 0.3 is 6.36 Å². The molecule has 11 heteroatoms. The Kier molecular flexibility index (Phi) is 6.04. The second-order valence-corrected chi connectivity index (χ2v) is 9.53. The molecule has 6 rings (SSSR count). The first-order chi connectivity index (χ1) is 19.6. The molecule has 0 bridgehead atoms. The maximum atomic E-state index is 13.5. The van der Waals surface area contributed by atoms with Crippen molar-refractivity contribution in [3.63, 3.8) is 0 Å². The number of aliphatic hydroxyl groups is 1. The predicted octanol–water partition coefficient (Wildman–Crippen LogP) is 5.49. The van der Waals surface area contributed by atoms with Crippen LogP contribution in [0.4, 0.5) is 13.2 Å². The molecular formula is C30H21F3N4O4. The van der Waals surface area contributed by atoms with E-state index in [-0.39, 0.29) is 17.5 Å². The summed E-state index contributed by atoms with van der Waals surface area (Å²) in [6.45, 7) is 1.66. The second kappa shape index (κ2) is 9.49. The Balaban J connectivity index is 1.57. The van der Waals surface area contributed by atoms with Gasteiger partial charge in [0, 0.05) is 16.3 Å². The average Bonchev–Trinajstić information content (AvgIpc) is 3.31. The average molecular weight is 559 g/mol. The van der Waals surface area contributed by atoms with E-state index in [1.807, 2.05) is 19.1 Å². The molecule has 0 aliphatic heterocycles. The molecule has 206 valence electrons. The van der Waals surface area contributed by atoms with Crippen molar-refractivity contribution in [1.29, 1.82) is 0 Å². The second-order valence-electron chi connectivity index (χ2n) is 9.53. The quantitative estimate of drug-likeness (QED) is 0.258. The van der Waals surface area contributed by atoms with E-state index in [1.165, 1.54) is 17.0 Å². The number of fused-ring (bicyclic) bond motifs is 4. The smallest absolute Gasteiger partial charge is 0.406 e. The molecule has 4 aromatic carbocycles. The number of halogens is 3. The van der Waals surface area contributed by atoms with E-state index in [1.54, 1.807) is 36.4 Å². The number of rotatable bonds is 5. The van der Waals surface area contributed by atoms with Crippen LogP contribution in [0.15, 0.2) is 77.9 Å². The van der Waals surface area contributed by atoms with Gasteiger partial charge in [0.1, 0.15) is 12.1 Å². The lowest BCUT2D eigenvalue weighted by Gasteiger charge is -2.15. The van der Waals surface area contributed by atoms with Crippen LogP contribution in [-0.4, -0.2) is 31.9 Å². The van der Waals surface area contributed by atoms with Gasteiger partial charge in [0.2, 0.25) is 0 Å². The van der Waals surface area contributed by atoms with Crippen LogP contribution in [0.3, 0.4) is 0 Å². The lowest BCUT2D eigenvalue weighted by atomic mass is 9.93. The van der Waals surface area contributed by atoms with Crippen LogP contribution < -0.4 is 16.0 Å². The number of alkyl halides is 3. The van der Waals surface area contributed by atoms with Gasteiger partial charge in [-0.15, -0.1) is 13.2 Å². The SMILES string of the molecule is Cc1c(-c2ccc(C(N)=O)c3[nH]c4cc(CO)ccc4c23)cccc1-n1cnc2ccc(OC(F)(F)F)cc2c1=O. The zero-order chi connectivity index (χ0) is 29.1. The van der Waals surface area contributed by atoms with Crippen molar-refractivity contribution < 1.29 is 27.8 Å². The third kappa shape index (κ3) is 4.45. The van der Waals surface area contributed by atoms with E-state index < -0.39 is 23.6 Å². The van der Waals surface area contributed by atoms with Crippen molar-refractivity contribution in [1.82, 2.24) is 14.5 Å². The minimum absolute atomic E-state index is 0.0384. The number of nitrogens with one attached hydrogen (secondary N) is 1. The third-order valence-electron chi connectivity index (χ3n) is 7.08. The van der Waals surface area contributed by atoms with E-state index in [9.17, 15) is 27.9 Å². The highest BCUT2D eigenvalue weighted by Gasteiger charge is 2.31. The summed E-state index contributed by atoms with van der Waals surface area (Å²) in [5, 5.41) is 11.1. The molecule has 0 spiro atoms. The summed E-state index contributed by atoms with van der Waals surface area (Å²) >= 11 is 0. The number of aromatic amines is 1. The minimum atomic E-state index is -4.91. The highest BCUT2D eigenvalue weighted by atomic mass is 19.4. The molecule has 1 amide bonds. The molecule has 2 aromatic heterocycles. The number of aliphatic hydroxyl groups excluding tert-OH is 1. The number of primary amides is 1. The Labute approximate surface area is 229 Å². The number of aromatic nitrogens is 3. The molecule has 0 radical (unpaired) electrons. The van der Waals surface area contributed by atoms with E-state index in [4.69, 9.17) is 5.73 Å². The van der Waals surface area contributed by atoms with Gasteiger partial charge in [-0.25, -0.2) is 4.98 Å². The zero-order valence-electron chi connectivity index (χ0n) is 21.4.